The zero-order valence-corrected chi connectivity index (χ0v) is 25.2. The molecule has 1 saturated carbocycles. The molecule has 1 fully saturated rings. The lowest BCUT2D eigenvalue weighted by Gasteiger charge is -2.12. The summed E-state index contributed by atoms with van der Waals surface area (Å²) >= 11 is 0. The van der Waals surface area contributed by atoms with Crippen molar-refractivity contribution in [3.8, 4) is 33.8 Å². The molecule has 11 heteroatoms. The summed E-state index contributed by atoms with van der Waals surface area (Å²) in [6, 6.07) is 12.9. The van der Waals surface area contributed by atoms with Gasteiger partial charge in [-0.3, -0.25) is 19.9 Å². The average molecular weight is 604 g/mol. The van der Waals surface area contributed by atoms with E-state index >= 15 is 0 Å². The van der Waals surface area contributed by atoms with Crippen LogP contribution in [0.15, 0.2) is 67.3 Å². The maximum absolute atomic E-state index is 14.7. The summed E-state index contributed by atoms with van der Waals surface area (Å²) in [5.74, 6) is 0.368. The molecule has 4 aromatic heterocycles. The highest BCUT2D eigenvalue weighted by Crippen LogP contribution is 2.34. The second-order valence-electron chi connectivity index (χ2n) is 11.9. The normalized spacial score (nSPS) is 13.7. The fourth-order valence-corrected chi connectivity index (χ4v) is 6.00. The minimum Gasteiger partial charge on any atom is -0.384 e. The highest BCUT2D eigenvalue weighted by Gasteiger charge is 2.23. The van der Waals surface area contributed by atoms with Gasteiger partial charge in [-0.15, -0.1) is 0 Å². The van der Waals surface area contributed by atoms with Crippen LogP contribution in [0.3, 0.4) is 0 Å². The van der Waals surface area contributed by atoms with Crippen molar-refractivity contribution in [2.75, 3.05) is 37.8 Å². The minimum atomic E-state index is -0.338. The number of anilines is 2. The topological polar surface area (TPSA) is 128 Å². The Labute approximate surface area is 259 Å². The second kappa shape index (κ2) is 12.1. The molecule has 4 N–H and O–H groups in total. The van der Waals surface area contributed by atoms with E-state index in [-0.39, 0.29) is 17.6 Å². The Balaban J connectivity index is 1.20. The van der Waals surface area contributed by atoms with E-state index in [0.29, 0.717) is 46.1 Å². The van der Waals surface area contributed by atoms with Gasteiger partial charge in [0.15, 0.2) is 5.82 Å². The highest BCUT2D eigenvalue weighted by atomic mass is 19.1. The van der Waals surface area contributed by atoms with Crippen molar-refractivity contribution in [1.29, 1.82) is 0 Å². The van der Waals surface area contributed by atoms with Gasteiger partial charge >= 0.3 is 0 Å². The van der Waals surface area contributed by atoms with Gasteiger partial charge in [0.25, 0.3) is 0 Å². The maximum atomic E-state index is 14.7. The lowest BCUT2D eigenvalue weighted by Crippen LogP contribution is -2.20. The van der Waals surface area contributed by atoms with Gasteiger partial charge in [-0.25, -0.2) is 9.37 Å². The monoisotopic (exact) mass is 603 g/mol. The first-order valence-corrected chi connectivity index (χ1v) is 15.2. The highest BCUT2D eigenvalue weighted by molar-refractivity contribution is 5.98. The molecule has 2 aromatic carbocycles. The molecular weight excluding hydrogens is 569 g/mol. The Morgan fingerprint density at radius 2 is 1.76 bits per heavy atom. The Kier molecular flexibility index (Phi) is 7.68. The van der Waals surface area contributed by atoms with Crippen molar-refractivity contribution in [2.45, 2.75) is 25.7 Å². The van der Waals surface area contributed by atoms with E-state index in [1.54, 1.807) is 24.8 Å². The van der Waals surface area contributed by atoms with E-state index in [0.717, 1.165) is 59.8 Å². The van der Waals surface area contributed by atoms with Crippen LogP contribution in [0.25, 0.3) is 55.7 Å². The molecule has 0 unspecified atom stereocenters. The van der Waals surface area contributed by atoms with Crippen LogP contribution in [0, 0.1) is 11.7 Å². The molecule has 1 aliphatic rings. The SMILES string of the molecule is CN(C)CCNc1cc(F)cc(-c2cncc3[nH]c(-c4n[nH]c5ccc(-c6cncc(NC(=O)C7CCCC7)c6)cc45)nc23)c1. The van der Waals surface area contributed by atoms with Gasteiger partial charge in [0.05, 0.1) is 34.6 Å². The standard InChI is InChI=1S/C34H34FN9O/c1-44(2)10-9-38-25-12-22(11-24(35)15-25)28-18-37-19-30-31(28)41-33(40-30)32-27-14-21(7-8-29(27)42-43-32)23-13-26(17-36-16-23)39-34(45)20-5-3-4-6-20/h7-8,11-20,38H,3-6,9-10H2,1-2H3,(H,39,45)(H,40,41)(H,42,43). The number of nitrogens with zero attached hydrogens (tertiary/aromatic N) is 5. The van der Waals surface area contributed by atoms with Crippen LogP contribution in [0.4, 0.5) is 15.8 Å². The minimum absolute atomic E-state index is 0.0628. The first-order chi connectivity index (χ1) is 21.9. The van der Waals surface area contributed by atoms with Crippen LogP contribution in [0.5, 0.6) is 0 Å². The van der Waals surface area contributed by atoms with Gasteiger partial charge in [-0.2, -0.15) is 5.10 Å². The molecule has 0 bridgehead atoms. The average Bonchev–Trinajstić information content (AvgIpc) is 3.80. The van der Waals surface area contributed by atoms with E-state index in [1.165, 1.54) is 12.1 Å². The van der Waals surface area contributed by atoms with E-state index < -0.39 is 0 Å². The summed E-state index contributed by atoms with van der Waals surface area (Å²) in [5, 5.41) is 14.9. The number of aromatic amines is 2. The van der Waals surface area contributed by atoms with Crippen LogP contribution in [0.1, 0.15) is 25.7 Å². The number of imidazole rings is 1. The maximum Gasteiger partial charge on any atom is 0.227 e. The molecule has 7 rings (SSSR count). The largest absolute Gasteiger partial charge is 0.384 e. The summed E-state index contributed by atoms with van der Waals surface area (Å²) in [4.78, 5) is 31.9. The third-order valence-electron chi connectivity index (χ3n) is 8.34. The molecule has 1 amide bonds. The van der Waals surface area contributed by atoms with Crippen molar-refractivity contribution < 1.29 is 9.18 Å². The number of benzene rings is 2. The molecule has 6 aromatic rings. The molecular formula is C34H34FN9O. The molecule has 45 heavy (non-hydrogen) atoms. The summed E-state index contributed by atoms with van der Waals surface area (Å²) in [6.07, 6.45) is 11.0. The molecule has 10 nitrogen and oxygen atoms in total. The second-order valence-corrected chi connectivity index (χ2v) is 11.9. The number of pyridine rings is 2. The summed E-state index contributed by atoms with van der Waals surface area (Å²) in [6.45, 7) is 1.51. The zero-order chi connectivity index (χ0) is 30.9. The van der Waals surface area contributed by atoms with E-state index in [9.17, 15) is 9.18 Å². The molecule has 0 spiro atoms. The number of H-pyrrole nitrogens is 2. The molecule has 4 heterocycles. The van der Waals surface area contributed by atoms with Crippen molar-refractivity contribution in [2.24, 2.45) is 5.92 Å². The lowest BCUT2D eigenvalue weighted by molar-refractivity contribution is -0.119. The van der Waals surface area contributed by atoms with Crippen molar-refractivity contribution in [1.82, 2.24) is 35.0 Å². The Morgan fingerprint density at radius 1 is 0.933 bits per heavy atom. The Morgan fingerprint density at radius 3 is 2.60 bits per heavy atom. The number of likely N-dealkylation sites (N-methyl/N-ethyl adjacent to an activating group) is 1. The van der Waals surface area contributed by atoms with E-state index in [4.69, 9.17) is 4.98 Å². The predicted molar refractivity (Wildman–Crippen MR) is 175 cm³/mol. The molecule has 0 aliphatic heterocycles. The van der Waals surface area contributed by atoms with Crippen LogP contribution < -0.4 is 10.6 Å². The van der Waals surface area contributed by atoms with Gasteiger partial charge in [0.2, 0.25) is 5.91 Å². The number of nitrogens with one attached hydrogen (secondary N) is 4. The fourth-order valence-electron chi connectivity index (χ4n) is 6.00. The van der Waals surface area contributed by atoms with Crippen LogP contribution in [0.2, 0.25) is 0 Å². The number of hydrogen-bond acceptors (Lipinski definition) is 7. The number of halogens is 1. The summed E-state index contributed by atoms with van der Waals surface area (Å²) in [7, 11) is 4.00. The number of fused-ring (bicyclic) bond motifs is 2. The number of aromatic nitrogens is 6. The molecule has 0 atom stereocenters. The third kappa shape index (κ3) is 5.99. The fraction of sp³-hybridized carbons (Fsp3) is 0.265. The summed E-state index contributed by atoms with van der Waals surface area (Å²) < 4.78 is 14.7. The number of carbonyl (C=O) groups excluding carboxylic acids is 1. The van der Waals surface area contributed by atoms with Crippen LogP contribution >= 0.6 is 0 Å². The molecule has 1 aliphatic carbocycles. The third-order valence-corrected chi connectivity index (χ3v) is 8.34. The number of amides is 1. The first-order valence-electron chi connectivity index (χ1n) is 15.2. The van der Waals surface area contributed by atoms with Crippen LogP contribution in [-0.4, -0.2) is 68.1 Å². The zero-order valence-electron chi connectivity index (χ0n) is 25.2. The molecule has 0 saturated heterocycles. The smallest absolute Gasteiger partial charge is 0.227 e. The summed E-state index contributed by atoms with van der Waals surface area (Å²) in [5.41, 5.74) is 7.48. The Bertz CT molecular complexity index is 2010. The van der Waals surface area contributed by atoms with Gasteiger partial charge in [-0.05, 0) is 74.5 Å². The number of rotatable bonds is 9. The Hall–Kier alpha value is -5.16. The van der Waals surface area contributed by atoms with E-state index in [1.807, 2.05) is 44.4 Å². The van der Waals surface area contributed by atoms with Gasteiger partial charge in [-0.1, -0.05) is 18.9 Å². The number of carbonyl (C=O) groups is 1. The quantitative estimate of drug-likeness (QED) is 0.149. The van der Waals surface area contributed by atoms with Gasteiger partial charge < -0.3 is 20.5 Å². The molecule has 0 radical (unpaired) electrons. The first kappa shape index (κ1) is 28.6. The number of hydrogen-bond donors (Lipinski definition) is 4. The lowest BCUT2D eigenvalue weighted by atomic mass is 10.0. The van der Waals surface area contributed by atoms with Crippen molar-refractivity contribution in [3.63, 3.8) is 0 Å². The predicted octanol–water partition coefficient (Wildman–Crippen LogP) is 6.47. The van der Waals surface area contributed by atoms with Crippen molar-refractivity contribution >= 4 is 39.2 Å². The van der Waals surface area contributed by atoms with Crippen LogP contribution in [-0.2, 0) is 4.79 Å². The molecule has 228 valence electrons. The van der Waals surface area contributed by atoms with E-state index in [2.05, 4.69) is 40.7 Å². The van der Waals surface area contributed by atoms with Gasteiger partial charge in [0.1, 0.15) is 11.5 Å². The van der Waals surface area contributed by atoms with Crippen molar-refractivity contribution in [3.05, 3.63) is 73.1 Å². The van der Waals surface area contributed by atoms with Gasteiger partial charge in [0, 0.05) is 53.6 Å².